The minimum atomic E-state index is 0.109. The number of hydrogen-bond acceptors (Lipinski definition) is 4. The van der Waals surface area contributed by atoms with E-state index in [-0.39, 0.29) is 17.5 Å². The number of benzene rings is 4. The second-order valence-electron chi connectivity index (χ2n) is 8.40. The molecule has 0 spiro atoms. The molecule has 0 saturated heterocycles. The predicted molar refractivity (Wildman–Crippen MR) is 139 cm³/mol. The minimum absolute atomic E-state index is 0.109. The first-order valence-electron chi connectivity index (χ1n) is 11.5. The lowest BCUT2D eigenvalue weighted by molar-refractivity contribution is 0.480. The van der Waals surface area contributed by atoms with Crippen LogP contribution in [0.5, 0.6) is 11.5 Å². The van der Waals surface area contributed by atoms with E-state index in [1.165, 1.54) is 0 Å². The Morgan fingerprint density at radius 3 is 1.79 bits per heavy atom. The number of hydrogen-bond donors (Lipinski definition) is 2. The van der Waals surface area contributed by atoms with Gasteiger partial charge < -0.3 is 10.2 Å². The maximum Gasteiger partial charge on any atom is 0.132 e. The lowest BCUT2D eigenvalue weighted by Crippen LogP contribution is -2.10. The van der Waals surface area contributed by atoms with E-state index in [1.807, 2.05) is 86.6 Å². The Morgan fingerprint density at radius 1 is 0.727 bits per heavy atom. The summed E-state index contributed by atoms with van der Waals surface area (Å²) >= 11 is 0. The molecule has 2 N–H and O–H groups in total. The van der Waals surface area contributed by atoms with Gasteiger partial charge in [-0.05, 0) is 49.6 Å². The number of fused-ring (bicyclic) bond motifs is 2. The van der Waals surface area contributed by atoms with Crippen LogP contribution in [-0.2, 0) is 0 Å². The average Bonchev–Trinajstić information content (AvgIpc) is 2.84. The molecule has 0 saturated carbocycles. The Bertz CT molecular complexity index is 1350. The highest BCUT2D eigenvalue weighted by Crippen LogP contribution is 2.30. The molecule has 0 aliphatic carbocycles. The third kappa shape index (κ3) is 4.75. The van der Waals surface area contributed by atoms with E-state index in [0.29, 0.717) is 6.54 Å². The van der Waals surface area contributed by atoms with Crippen molar-refractivity contribution in [2.24, 2.45) is 9.98 Å². The van der Waals surface area contributed by atoms with E-state index in [1.54, 1.807) is 0 Å². The first kappa shape index (κ1) is 22.5. The van der Waals surface area contributed by atoms with Crippen molar-refractivity contribution < 1.29 is 10.2 Å². The molecule has 0 aromatic heterocycles. The van der Waals surface area contributed by atoms with Crippen LogP contribution in [0.3, 0.4) is 0 Å². The van der Waals surface area contributed by atoms with Crippen LogP contribution >= 0.6 is 0 Å². The van der Waals surface area contributed by atoms with Crippen LogP contribution in [-0.4, -0.2) is 34.2 Å². The third-order valence-electron chi connectivity index (χ3n) is 6.24. The Balaban J connectivity index is 1.49. The number of phenols is 2. The molecule has 0 heterocycles. The fourth-order valence-electron chi connectivity index (χ4n) is 4.26. The van der Waals surface area contributed by atoms with Crippen molar-refractivity contribution in [2.45, 2.75) is 39.7 Å². The summed E-state index contributed by atoms with van der Waals surface area (Å²) < 4.78 is 0. The molecule has 0 aliphatic heterocycles. The van der Waals surface area contributed by atoms with Crippen molar-refractivity contribution in [1.29, 1.82) is 0 Å². The fourth-order valence-corrected chi connectivity index (χ4v) is 4.26. The molecule has 168 valence electrons. The number of rotatable bonds is 7. The Hall–Kier alpha value is -3.66. The van der Waals surface area contributed by atoms with Gasteiger partial charge in [0.05, 0.1) is 6.04 Å². The Labute approximate surface area is 195 Å². The molecule has 4 nitrogen and oxygen atoms in total. The lowest BCUT2D eigenvalue weighted by atomic mass is 10.0. The van der Waals surface area contributed by atoms with Gasteiger partial charge in [0.1, 0.15) is 11.5 Å². The van der Waals surface area contributed by atoms with E-state index in [4.69, 9.17) is 9.98 Å². The number of aliphatic imine (C=N–C) groups is 2. The molecule has 33 heavy (non-hydrogen) atoms. The van der Waals surface area contributed by atoms with Gasteiger partial charge >= 0.3 is 0 Å². The highest BCUT2D eigenvalue weighted by atomic mass is 16.3. The molecule has 4 aromatic carbocycles. The monoisotopic (exact) mass is 438 g/mol. The molecule has 0 fully saturated rings. The van der Waals surface area contributed by atoms with E-state index in [2.05, 4.69) is 6.92 Å². The summed E-state index contributed by atoms with van der Waals surface area (Å²) in [5.41, 5.74) is 3.19. The second-order valence-corrected chi connectivity index (χ2v) is 8.40. The van der Waals surface area contributed by atoms with Crippen LogP contribution in [0.2, 0.25) is 0 Å². The fraction of sp³-hybridized carbons (Fsp3) is 0.241. The summed E-state index contributed by atoms with van der Waals surface area (Å²) in [7, 11) is 0. The van der Waals surface area contributed by atoms with Crippen molar-refractivity contribution in [3.05, 3.63) is 83.9 Å². The molecule has 4 heteroatoms. The average molecular weight is 439 g/mol. The zero-order chi connectivity index (χ0) is 23.4. The van der Waals surface area contributed by atoms with E-state index in [0.717, 1.165) is 56.9 Å². The third-order valence-corrected chi connectivity index (χ3v) is 6.24. The van der Waals surface area contributed by atoms with Gasteiger partial charge in [0.2, 0.25) is 0 Å². The van der Waals surface area contributed by atoms with Crippen LogP contribution in [0.15, 0.2) is 82.8 Å². The van der Waals surface area contributed by atoms with Crippen LogP contribution < -0.4 is 0 Å². The molecule has 1 atom stereocenters. The second kappa shape index (κ2) is 9.86. The predicted octanol–water partition coefficient (Wildman–Crippen LogP) is 6.89. The molecule has 0 aliphatic rings. The number of nitrogens with zero attached hydrogens (tertiary/aromatic N) is 2. The zero-order valence-electron chi connectivity index (χ0n) is 19.4. The molecule has 4 aromatic rings. The van der Waals surface area contributed by atoms with E-state index < -0.39 is 0 Å². The van der Waals surface area contributed by atoms with Crippen molar-refractivity contribution in [3.63, 3.8) is 0 Å². The smallest absolute Gasteiger partial charge is 0.132 e. The van der Waals surface area contributed by atoms with Crippen molar-refractivity contribution in [3.8, 4) is 11.5 Å². The van der Waals surface area contributed by atoms with Gasteiger partial charge in [-0.2, -0.15) is 0 Å². The summed E-state index contributed by atoms with van der Waals surface area (Å²) in [5.74, 6) is 0.562. The largest absolute Gasteiger partial charge is 0.507 e. The first-order chi connectivity index (χ1) is 16.0. The van der Waals surface area contributed by atoms with Gasteiger partial charge in [-0.3, -0.25) is 9.98 Å². The normalized spacial score (nSPS) is 13.5. The Kier molecular flexibility index (Phi) is 6.74. The molecule has 0 bridgehead atoms. The summed E-state index contributed by atoms with van der Waals surface area (Å²) in [4.78, 5) is 9.63. The van der Waals surface area contributed by atoms with Gasteiger partial charge in [-0.25, -0.2) is 0 Å². The SMILES string of the molecule is CCC(CCN=C(C)c1ccc2ccccc2c1O)N=C(C)c1ccc2ccccc2c1O. The zero-order valence-corrected chi connectivity index (χ0v) is 19.4. The summed E-state index contributed by atoms with van der Waals surface area (Å²) in [5, 5.41) is 25.2. The molecule has 0 radical (unpaired) electrons. The highest BCUT2D eigenvalue weighted by molar-refractivity contribution is 6.07. The lowest BCUT2D eigenvalue weighted by Gasteiger charge is -2.13. The van der Waals surface area contributed by atoms with Crippen LogP contribution in [0, 0.1) is 0 Å². The van der Waals surface area contributed by atoms with Gasteiger partial charge in [-0.1, -0.05) is 67.6 Å². The van der Waals surface area contributed by atoms with Crippen LogP contribution in [0.25, 0.3) is 21.5 Å². The van der Waals surface area contributed by atoms with E-state index in [9.17, 15) is 10.2 Å². The molecular formula is C29H30N2O2. The van der Waals surface area contributed by atoms with Gasteiger partial charge in [0, 0.05) is 39.9 Å². The van der Waals surface area contributed by atoms with Gasteiger partial charge in [-0.15, -0.1) is 0 Å². The number of phenolic OH excluding ortho intramolecular Hbond substituents is 2. The topological polar surface area (TPSA) is 65.2 Å². The quantitative estimate of drug-likeness (QED) is 0.309. The summed E-state index contributed by atoms with van der Waals surface area (Å²) in [6, 6.07) is 23.6. The van der Waals surface area contributed by atoms with Gasteiger partial charge in [0.25, 0.3) is 0 Å². The molecule has 4 rings (SSSR count). The van der Waals surface area contributed by atoms with Crippen LogP contribution in [0.4, 0.5) is 0 Å². The Morgan fingerprint density at radius 2 is 1.24 bits per heavy atom. The van der Waals surface area contributed by atoms with Crippen molar-refractivity contribution in [2.75, 3.05) is 6.54 Å². The molecule has 0 amide bonds. The summed E-state index contributed by atoms with van der Waals surface area (Å²) in [6.07, 6.45) is 1.69. The van der Waals surface area contributed by atoms with Crippen LogP contribution in [0.1, 0.15) is 44.7 Å². The van der Waals surface area contributed by atoms with E-state index >= 15 is 0 Å². The summed E-state index contributed by atoms with van der Waals surface area (Å²) in [6.45, 7) is 6.63. The molecular weight excluding hydrogens is 408 g/mol. The number of aromatic hydroxyl groups is 2. The standard InChI is InChI=1S/C29H30N2O2/c1-4-23(31-20(3)25-16-14-22-10-6-8-12-27(22)29(25)33)17-18-30-19(2)24-15-13-21-9-5-7-11-26(21)28(24)32/h5-16,23,32-33H,4,17-18H2,1-3H3. The van der Waals surface area contributed by atoms with Crippen molar-refractivity contribution >= 4 is 33.0 Å². The maximum absolute atomic E-state index is 10.8. The molecule has 1 unspecified atom stereocenters. The van der Waals surface area contributed by atoms with Crippen molar-refractivity contribution in [1.82, 2.24) is 0 Å². The highest BCUT2D eigenvalue weighted by Gasteiger charge is 2.12. The maximum atomic E-state index is 10.8. The first-order valence-corrected chi connectivity index (χ1v) is 11.5. The minimum Gasteiger partial charge on any atom is -0.507 e. The van der Waals surface area contributed by atoms with Gasteiger partial charge in [0.15, 0.2) is 0 Å².